The molecule has 1 aromatic carbocycles. The molecule has 1 aromatic rings. The van der Waals surface area contributed by atoms with Gasteiger partial charge in [-0.2, -0.15) is 0 Å². The number of amides is 1. The molecule has 0 saturated heterocycles. The smallest absolute Gasteiger partial charge is 0.254 e. The fourth-order valence-electron chi connectivity index (χ4n) is 2.38. The number of rotatable bonds is 3. The molecule has 0 bridgehead atoms. The van der Waals surface area contributed by atoms with Gasteiger partial charge in [0.1, 0.15) is 6.29 Å². The Balaban J connectivity index is 2.50. The quantitative estimate of drug-likeness (QED) is 0.726. The van der Waals surface area contributed by atoms with Crippen LogP contribution in [-0.4, -0.2) is 23.6 Å². The van der Waals surface area contributed by atoms with Crippen LogP contribution in [0.5, 0.6) is 0 Å². The van der Waals surface area contributed by atoms with Crippen molar-refractivity contribution in [3.63, 3.8) is 0 Å². The first-order valence-electron chi connectivity index (χ1n) is 5.56. The van der Waals surface area contributed by atoms with Crippen LogP contribution in [0.15, 0.2) is 24.3 Å². The third-order valence-electron chi connectivity index (χ3n) is 3.16. The van der Waals surface area contributed by atoms with E-state index in [9.17, 15) is 9.59 Å². The van der Waals surface area contributed by atoms with Gasteiger partial charge >= 0.3 is 0 Å². The van der Waals surface area contributed by atoms with Crippen LogP contribution in [-0.2, 0) is 4.79 Å². The van der Waals surface area contributed by atoms with Gasteiger partial charge in [-0.1, -0.05) is 25.1 Å². The molecule has 1 heterocycles. The lowest BCUT2D eigenvalue weighted by atomic mass is 9.95. The van der Waals surface area contributed by atoms with Crippen LogP contribution in [0.4, 0.5) is 0 Å². The molecule has 16 heavy (non-hydrogen) atoms. The first-order chi connectivity index (χ1) is 7.70. The molecule has 1 amide bonds. The van der Waals surface area contributed by atoms with Crippen molar-refractivity contribution in [2.75, 3.05) is 6.54 Å². The lowest BCUT2D eigenvalue weighted by molar-refractivity contribution is -0.112. The van der Waals surface area contributed by atoms with Crippen LogP contribution < -0.4 is 0 Å². The van der Waals surface area contributed by atoms with Gasteiger partial charge in [0.15, 0.2) is 0 Å². The van der Waals surface area contributed by atoms with E-state index in [1.807, 2.05) is 38.1 Å². The molecule has 84 valence electrons. The maximum absolute atomic E-state index is 12.1. The Morgan fingerprint density at radius 3 is 2.75 bits per heavy atom. The summed E-state index contributed by atoms with van der Waals surface area (Å²) in [4.78, 5) is 24.8. The SMILES string of the molecule is CCN1C(=O)c2ccccc2[C@H]1C(C)C=O. The van der Waals surface area contributed by atoms with Crippen LogP contribution in [0, 0.1) is 5.92 Å². The van der Waals surface area contributed by atoms with Crippen molar-refractivity contribution in [1.82, 2.24) is 4.90 Å². The summed E-state index contributed by atoms with van der Waals surface area (Å²) in [6.07, 6.45) is 0.919. The molecule has 1 aliphatic rings. The maximum Gasteiger partial charge on any atom is 0.254 e. The van der Waals surface area contributed by atoms with E-state index >= 15 is 0 Å². The van der Waals surface area contributed by atoms with Crippen LogP contribution in [0.25, 0.3) is 0 Å². The van der Waals surface area contributed by atoms with E-state index in [0.717, 1.165) is 17.4 Å². The summed E-state index contributed by atoms with van der Waals surface area (Å²) >= 11 is 0. The summed E-state index contributed by atoms with van der Waals surface area (Å²) in [6, 6.07) is 7.45. The van der Waals surface area contributed by atoms with Gasteiger partial charge in [0.05, 0.1) is 6.04 Å². The van der Waals surface area contributed by atoms with Gasteiger partial charge in [0.25, 0.3) is 5.91 Å². The van der Waals surface area contributed by atoms with Crippen LogP contribution in [0.1, 0.15) is 35.8 Å². The highest BCUT2D eigenvalue weighted by atomic mass is 16.2. The third kappa shape index (κ3) is 1.43. The monoisotopic (exact) mass is 217 g/mol. The van der Waals surface area contributed by atoms with E-state index in [2.05, 4.69) is 0 Å². The molecule has 0 radical (unpaired) electrons. The fraction of sp³-hybridized carbons (Fsp3) is 0.385. The third-order valence-corrected chi connectivity index (χ3v) is 3.16. The fourth-order valence-corrected chi connectivity index (χ4v) is 2.38. The molecule has 0 aromatic heterocycles. The van der Waals surface area contributed by atoms with Gasteiger partial charge < -0.3 is 9.69 Å². The number of fused-ring (bicyclic) bond motifs is 1. The topological polar surface area (TPSA) is 37.4 Å². The minimum Gasteiger partial charge on any atom is -0.331 e. The Labute approximate surface area is 95.1 Å². The molecule has 2 rings (SSSR count). The van der Waals surface area contributed by atoms with Crippen LogP contribution in [0.3, 0.4) is 0 Å². The zero-order chi connectivity index (χ0) is 11.7. The molecular formula is C13H15NO2. The van der Waals surface area contributed by atoms with E-state index in [4.69, 9.17) is 0 Å². The van der Waals surface area contributed by atoms with E-state index < -0.39 is 0 Å². The Bertz CT molecular complexity index is 428. The number of hydrogen-bond donors (Lipinski definition) is 0. The second kappa shape index (κ2) is 4.08. The van der Waals surface area contributed by atoms with Crippen molar-refractivity contribution in [1.29, 1.82) is 0 Å². The highest BCUT2D eigenvalue weighted by Crippen LogP contribution is 2.37. The van der Waals surface area contributed by atoms with E-state index in [-0.39, 0.29) is 17.9 Å². The number of hydrogen-bond acceptors (Lipinski definition) is 2. The van der Waals surface area contributed by atoms with Crippen LogP contribution in [0.2, 0.25) is 0 Å². The Morgan fingerprint density at radius 2 is 2.12 bits per heavy atom. The van der Waals surface area contributed by atoms with Crippen molar-refractivity contribution in [3.05, 3.63) is 35.4 Å². The Kier molecular flexibility index (Phi) is 2.77. The first-order valence-corrected chi connectivity index (χ1v) is 5.56. The van der Waals surface area contributed by atoms with Crippen molar-refractivity contribution in [3.8, 4) is 0 Å². The first kappa shape index (κ1) is 10.9. The van der Waals surface area contributed by atoms with Crippen molar-refractivity contribution in [2.45, 2.75) is 19.9 Å². The molecule has 0 fully saturated rings. The normalized spacial score (nSPS) is 20.8. The van der Waals surface area contributed by atoms with Gasteiger partial charge in [-0.3, -0.25) is 4.79 Å². The summed E-state index contributed by atoms with van der Waals surface area (Å²) in [5.74, 6) is -0.121. The largest absolute Gasteiger partial charge is 0.331 e. The van der Waals surface area contributed by atoms with E-state index in [1.165, 1.54) is 0 Å². The maximum atomic E-state index is 12.1. The molecule has 0 saturated carbocycles. The standard InChI is InChI=1S/C13H15NO2/c1-3-14-12(9(2)8-15)10-6-4-5-7-11(10)13(14)16/h4-9,12H,3H2,1-2H3/t9?,12-/m1/s1. The molecular weight excluding hydrogens is 202 g/mol. The Morgan fingerprint density at radius 1 is 1.44 bits per heavy atom. The molecule has 0 N–H and O–H groups in total. The number of aldehydes is 1. The summed E-state index contributed by atoms with van der Waals surface area (Å²) in [7, 11) is 0. The average molecular weight is 217 g/mol. The van der Waals surface area contributed by atoms with E-state index in [0.29, 0.717) is 6.54 Å². The van der Waals surface area contributed by atoms with Gasteiger partial charge in [-0.05, 0) is 18.6 Å². The molecule has 3 heteroatoms. The molecule has 1 unspecified atom stereocenters. The van der Waals surface area contributed by atoms with Gasteiger partial charge in [-0.25, -0.2) is 0 Å². The number of benzene rings is 1. The lowest BCUT2D eigenvalue weighted by Crippen LogP contribution is -2.31. The Hall–Kier alpha value is -1.64. The highest BCUT2D eigenvalue weighted by Gasteiger charge is 2.38. The summed E-state index contributed by atoms with van der Waals surface area (Å²) < 4.78 is 0. The molecule has 0 spiro atoms. The highest BCUT2D eigenvalue weighted by molar-refractivity contribution is 5.99. The van der Waals surface area contributed by atoms with Gasteiger partial charge in [0.2, 0.25) is 0 Å². The number of nitrogens with zero attached hydrogens (tertiary/aromatic N) is 1. The second-order valence-corrected chi connectivity index (χ2v) is 4.12. The van der Waals surface area contributed by atoms with Crippen LogP contribution >= 0.6 is 0 Å². The molecule has 3 nitrogen and oxygen atoms in total. The minimum absolute atomic E-state index is 0.0387. The van der Waals surface area contributed by atoms with E-state index in [1.54, 1.807) is 4.90 Å². The molecule has 2 atom stereocenters. The van der Waals surface area contributed by atoms with Crippen molar-refractivity contribution >= 4 is 12.2 Å². The predicted molar refractivity (Wildman–Crippen MR) is 61.1 cm³/mol. The second-order valence-electron chi connectivity index (χ2n) is 4.12. The minimum atomic E-state index is -0.160. The summed E-state index contributed by atoms with van der Waals surface area (Å²) in [5, 5.41) is 0. The summed E-state index contributed by atoms with van der Waals surface area (Å²) in [5.41, 5.74) is 1.72. The van der Waals surface area contributed by atoms with Gasteiger partial charge in [0, 0.05) is 18.0 Å². The lowest BCUT2D eigenvalue weighted by Gasteiger charge is -2.26. The molecule has 1 aliphatic heterocycles. The number of carbonyl (C=O) groups excluding carboxylic acids is 2. The predicted octanol–water partition coefficient (Wildman–Crippen LogP) is 2.04. The average Bonchev–Trinajstić information content (AvgIpc) is 2.62. The zero-order valence-electron chi connectivity index (χ0n) is 9.51. The van der Waals surface area contributed by atoms with Gasteiger partial charge in [-0.15, -0.1) is 0 Å². The van der Waals surface area contributed by atoms with Crippen molar-refractivity contribution in [2.24, 2.45) is 5.92 Å². The zero-order valence-corrected chi connectivity index (χ0v) is 9.51. The summed E-state index contributed by atoms with van der Waals surface area (Å²) in [6.45, 7) is 4.43. The number of carbonyl (C=O) groups is 2. The van der Waals surface area contributed by atoms with Crippen molar-refractivity contribution < 1.29 is 9.59 Å². The molecule has 0 aliphatic carbocycles.